The van der Waals surface area contributed by atoms with E-state index in [-0.39, 0.29) is 48.1 Å². The summed E-state index contributed by atoms with van der Waals surface area (Å²) in [7, 11) is -3.93. The highest BCUT2D eigenvalue weighted by Gasteiger charge is 2.42. The summed E-state index contributed by atoms with van der Waals surface area (Å²) < 4.78 is 72.0. The van der Waals surface area contributed by atoms with Crippen molar-refractivity contribution in [3.05, 3.63) is 23.1 Å². The molecule has 0 unspecified atom stereocenters. The van der Waals surface area contributed by atoms with E-state index in [1.807, 2.05) is 0 Å². The Morgan fingerprint density at radius 3 is 2.64 bits per heavy atom. The van der Waals surface area contributed by atoms with Gasteiger partial charge in [-0.15, -0.1) is 10.2 Å². The first-order chi connectivity index (χ1) is 11.6. The zero-order valence-corrected chi connectivity index (χ0v) is 14.3. The maximum absolute atomic E-state index is 12.9. The Morgan fingerprint density at radius 1 is 1.32 bits per heavy atom. The lowest BCUT2D eigenvalue weighted by molar-refractivity contribution is -0.182. The predicted molar refractivity (Wildman–Crippen MR) is 77.9 cm³/mol. The van der Waals surface area contributed by atoms with Crippen molar-refractivity contribution in [3.8, 4) is 0 Å². The van der Waals surface area contributed by atoms with Crippen molar-refractivity contribution in [1.29, 1.82) is 0 Å². The Balaban J connectivity index is 1.79. The minimum atomic E-state index is -4.31. The van der Waals surface area contributed by atoms with Gasteiger partial charge in [-0.25, -0.2) is 13.1 Å². The average molecular weight is 379 g/mol. The smallest absolute Gasteiger partial charge is 0.360 e. The van der Waals surface area contributed by atoms with Crippen molar-refractivity contribution in [2.45, 2.75) is 50.9 Å². The molecular formula is C13H16F3N5O3S. The van der Waals surface area contributed by atoms with Crippen molar-refractivity contribution in [3.63, 3.8) is 0 Å². The number of aryl methyl sites for hydroxylation is 3. The van der Waals surface area contributed by atoms with E-state index in [0.29, 0.717) is 5.82 Å². The molecule has 12 heteroatoms. The lowest BCUT2D eigenvalue weighted by Crippen LogP contribution is -2.34. The molecule has 138 valence electrons. The summed E-state index contributed by atoms with van der Waals surface area (Å²) in [5.41, 5.74) is 0.199. The molecule has 1 atom stereocenters. The Morgan fingerprint density at radius 2 is 2.04 bits per heavy atom. The van der Waals surface area contributed by atoms with Gasteiger partial charge in [-0.2, -0.15) is 13.2 Å². The number of hydrogen-bond acceptors (Lipinski definition) is 6. The van der Waals surface area contributed by atoms with Crippen LogP contribution < -0.4 is 4.72 Å². The van der Waals surface area contributed by atoms with Gasteiger partial charge >= 0.3 is 6.18 Å². The summed E-state index contributed by atoms with van der Waals surface area (Å²) in [6.45, 7) is 2.36. The monoisotopic (exact) mass is 379 g/mol. The molecule has 3 heterocycles. The lowest BCUT2D eigenvalue weighted by Gasteiger charge is -2.26. The van der Waals surface area contributed by atoms with Crippen LogP contribution >= 0.6 is 0 Å². The fourth-order valence-corrected chi connectivity index (χ4v) is 4.18. The highest BCUT2D eigenvalue weighted by Crippen LogP contribution is 2.34. The van der Waals surface area contributed by atoms with Crippen LogP contribution in [-0.2, 0) is 29.5 Å². The van der Waals surface area contributed by atoms with Gasteiger partial charge in [0.05, 0.1) is 12.5 Å². The SMILES string of the molecule is Cc1noc(C)c1S(=O)(=O)NCc1nnc2n1C[C@H](C(F)(F)F)CC2. The molecule has 0 saturated carbocycles. The van der Waals surface area contributed by atoms with Gasteiger partial charge in [0.25, 0.3) is 0 Å². The van der Waals surface area contributed by atoms with E-state index in [0.717, 1.165) is 0 Å². The Labute approximate surface area is 141 Å². The molecule has 0 spiro atoms. The second-order valence-electron chi connectivity index (χ2n) is 5.90. The summed E-state index contributed by atoms with van der Waals surface area (Å²) >= 11 is 0. The summed E-state index contributed by atoms with van der Waals surface area (Å²) in [5, 5.41) is 11.3. The number of rotatable bonds is 4. The van der Waals surface area contributed by atoms with Crippen LogP contribution in [-0.4, -0.2) is 34.5 Å². The molecule has 1 N–H and O–H groups in total. The molecule has 8 nitrogen and oxygen atoms in total. The zero-order valence-electron chi connectivity index (χ0n) is 13.5. The molecule has 0 radical (unpaired) electrons. The standard InChI is InChI=1S/C13H16F3N5O3S/c1-7-12(8(2)24-20-7)25(22,23)17-5-11-19-18-10-4-3-9(6-21(10)11)13(14,15)16/h9,17H,3-6H2,1-2H3/t9-/m1/s1. The summed E-state index contributed by atoms with van der Waals surface area (Å²) in [6, 6.07) is 0. The molecule has 25 heavy (non-hydrogen) atoms. The largest absolute Gasteiger partial charge is 0.393 e. The number of nitrogens with zero attached hydrogens (tertiary/aromatic N) is 4. The zero-order chi connectivity index (χ0) is 18.4. The maximum Gasteiger partial charge on any atom is 0.393 e. The van der Waals surface area contributed by atoms with Gasteiger partial charge in [0.1, 0.15) is 22.2 Å². The quantitative estimate of drug-likeness (QED) is 0.863. The Hall–Kier alpha value is -1.95. The molecule has 0 saturated heterocycles. The van der Waals surface area contributed by atoms with Gasteiger partial charge in [0.15, 0.2) is 5.76 Å². The molecule has 1 aliphatic heterocycles. The topological polar surface area (TPSA) is 103 Å². The number of alkyl halides is 3. The Kier molecular flexibility index (Phi) is 4.35. The van der Waals surface area contributed by atoms with Gasteiger partial charge in [0, 0.05) is 13.0 Å². The maximum atomic E-state index is 12.9. The van der Waals surface area contributed by atoms with Crippen LogP contribution in [0.5, 0.6) is 0 Å². The number of aromatic nitrogens is 4. The normalized spacial score (nSPS) is 18.4. The second-order valence-corrected chi connectivity index (χ2v) is 7.60. The van der Waals surface area contributed by atoms with Crippen molar-refractivity contribution >= 4 is 10.0 Å². The Bertz CT molecular complexity index is 868. The number of fused-ring (bicyclic) bond motifs is 1. The first-order valence-corrected chi connectivity index (χ1v) is 8.98. The second kappa shape index (κ2) is 6.09. The minimum Gasteiger partial charge on any atom is -0.360 e. The van der Waals surface area contributed by atoms with Crippen LogP contribution in [0, 0.1) is 19.8 Å². The van der Waals surface area contributed by atoms with Crippen molar-refractivity contribution < 1.29 is 26.1 Å². The van der Waals surface area contributed by atoms with Crippen LogP contribution in [0.15, 0.2) is 9.42 Å². The molecule has 2 aromatic rings. The van der Waals surface area contributed by atoms with Crippen LogP contribution in [0.25, 0.3) is 0 Å². The van der Waals surface area contributed by atoms with Crippen LogP contribution in [0.1, 0.15) is 29.5 Å². The molecule has 1 aliphatic rings. The number of nitrogens with one attached hydrogen (secondary N) is 1. The van der Waals surface area contributed by atoms with Crippen molar-refractivity contribution in [1.82, 2.24) is 24.6 Å². The van der Waals surface area contributed by atoms with Crippen LogP contribution in [0.3, 0.4) is 0 Å². The van der Waals surface area contributed by atoms with Gasteiger partial charge in [0.2, 0.25) is 10.0 Å². The third kappa shape index (κ3) is 3.40. The van der Waals surface area contributed by atoms with Gasteiger partial charge in [-0.3, -0.25) is 0 Å². The fraction of sp³-hybridized carbons (Fsp3) is 0.615. The van der Waals surface area contributed by atoms with E-state index in [1.54, 1.807) is 0 Å². The first-order valence-electron chi connectivity index (χ1n) is 7.50. The lowest BCUT2D eigenvalue weighted by atomic mass is 9.99. The molecular weight excluding hydrogens is 363 g/mol. The average Bonchev–Trinajstić information content (AvgIpc) is 3.07. The number of sulfonamides is 1. The predicted octanol–water partition coefficient (Wildman–Crippen LogP) is 1.49. The molecule has 2 aromatic heterocycles. The molecule has 0 aliphatic carbocycles. The van der Waals surface area contributed by atoms with E-state index in [2.05, 4.69) is 20.1 Å². The van der Waals surface area contributed by atoms with Gasteiger partial charge in [-0.05, 0) is 20.3 Å². The third-order valence-electron chi connectivity index (χ3n) is 4.14. The number of hydrogen-bond donors (Lipinski definition) is 1. The van der Waals surface area contributed by atoms with E-state index in [1.165, 1.54) is 18.4 Å². The highest BCUT2D eigenvalue weighted by atomic mass is 32.2. The van der Waals surface area contributed by atoms with Gasteiger partial charge in [-0.1, -0.05) is 5.16 Å². The first kappa shape index (κ1) is 17.9. The molecule has 0 fully saturated rings. The van der Waals surface area contributed by atoms with E-state index in [9.17, 15) is 21.6 Å². The van der Waals surface area contributed by atoms with Crippen molar-refractivity contribution in [2.24, 2.45) is 5.92 Å². The van der Waals surface area contributed by atoms with Crippen LogP contribution in [0.4, 0.5) is 13.2 Å². The van der Waals surface area contributed by atoms with Gasteiger partial charge < -0.3 is 9.09 Å². The number of halogens is 3. The summed E-state index contributed by atoms with van der Waals surface area (Å²) in [6.07, 6.45) is -4.21. The van der Waals surface area contributed by atoms with Crippen LogP contribution in [0.2, 0.25) is 0 Å². The molecule has 0 aromatic carbocycles. The highest BCUT2D eigenvalue weighted by molar-refractivity contribution is 7.89. The minimum absolute atomic E-state index is 0.0492. The van der Waals surface area contributed by atoms with E-state index in [4.69, 9.17) is 4.52 Å². The summed E-state index contributed by atoms with van der Waals surface area (Å²) in [5.74, 6) is -0.800. The summed E-state index contributed by atoms with van der Waals surface area (Å²) in [4.78, 5) is -0.0842. The molecule has 0 amide bonds. The third-order valence-corrected chi connectivity index (χ3v) is 5.79. The van der Waals surface area contributed by atoms with E-state index >= 15 is 0 Å². The van der Waals surface area contributed by atoms with Crippen molar-refractivity contribution in [2.75, 3.05) is 0 Å². The van der Waals surface area contributed by atoms with E-state index < -0.39 is 22.1 Å². The molecule has 0 bridgehead atoms. The fourth-order valence-electron chi connectivity index (χ4n) is 2.87. The molecule has 3 rings (SSSR count).